The summed E-state index contributed by atoms with van der Waals surface area (Å²) < 4.78 is 15.1. The molecular weight excluding hydrogens is 442 g/mol. The molecule has 0 aliphatic rings. The van der Waals surface area contributed by atoms with Gasteiger partial charge in [-0.2, -0.15) is 0 Å². The van der Waals surface area contributed by atoms with Crippen LogP contribution in [-0.4, -0.2) is 28.3 Å². The van der Waals surface area contributed by atoms with Gasteiger partial charge in [-0.3, -0.25) is 0 Å². The number of methoxy groups -OCH3 is 2. The molecule has 168 valence electrons. The van der Waals surface area contributed by atoms with E-state index in [1.165, 1.54) is 0 Å². The summed E-state index contributed by atoms with van der Waals surface area (Å²) in [6.45, 7) is 3.05. The van der Waals surface area contributed by atoms with E-state index < -0.39 is 0 Å². The van der Waals surface area contributed by atoms with E-state index in [0.717, 1.165) is 60.8 Å². The largest absolute Gasteiger partial charge is 0.497 e. The number of fused-ring (bicyclic) bond motifs is 2. The molecule has 0 saturated carbocycles. The molecule has 3 aromatic heterocycles. The third-order valence-electron chi connectivity index (χ3n) is 6.12. The van der Waals surface area contributed by atoms with E-state index >= 15 is 0 Å². The Hall–Kier alpha value is -4.13. The van der Waals surface area contributed by atoms with Crippen molar-refractivity contribution in [3.63, 3.8) is 0 Å². The van der Waals surface area contributed by atoms with Gasteiger partial charge in [0.1, 0.15) is 16.5 Å². The third-order valence-corrected chi connectivity index (χ3v) is 7.00. The Labute approximate surface area is 202 Å². The van der Waals surface area contributed by atoms with E-state index in [-0.39, 0.29) is 0 Å². The van der Waals surface area contributed by atoms with Crippen LogP contribution in [0.25, 0.3) is 43.6 Å². The number of terminal acetylenes is 2. The molecule has 0 saturated heterocycles. The molecule has 0 fully saturated rings. The average Bonchev–Trinajstić information content (AvgIpc) is 3.54. The van der Waals surface area contributed by atoms with Gasteiger partial charge in [-0.15, -0.1) is 24.2 Å². The van der Waals surface area contributed by atoms with Gasteiger partial charge in [0.25, 0.3) is 0 Å². The quantitative estimate of drug-likeness (QED) is 0.290. The molecule has 5 rings (SSSR count). The van der Waals surface area contributed by atoms with Crippen molar-refractivity contribution in [1.29, 1.82) is 0 Å². The molecule has 0 amide bonds. The highest BCUT2D eigenvalue weighted by molar-refractivity contribution is 7.13. The van der Waals surface area contributed by atoms with Gasteiger partial charge in [-0.1, -0.05) is 11.8 Å². The summed E-state index contributed by atoms with van der Waals surface area (Å²) in [5, 5.41) is 5.19. The SMILES string of the molecule is C#CCn1cc(-c2nc(-c3c(C)n(CC#C)c4ccc(OC)cc34)cs2)c2ccc(OC)cc21. The first-order valence-corrected chi connectivity index (χ1v) is 11.6. The smallest absolute Gasteiger partial charge is 0.126 e. The number of rotatable bonds is 6. The standard InChI is InChI=1S/C28H23N3O2S/c1-6-12-30-16-23(21-10-8-20(33-5)15-26(21)30)28-29-24(17-34-28)27-18(3)31(13-7-2)25-11-9-19(32-4)14-22(25)27/h1-2,8-11,14-17H,12-13H2,3-5H3. The second-order valence-corrected chi connectivity index (χ2v) is 8.79. The molecule has 5 nitrogen and oxygen atoms in total. The minimum atomic E-state index is 0.473. The van der Waals surface area contributed by atoms with Gasteiger partial charge in [-0.05, 0) is 37.3 Å². The summed E-state index contributed by atoms with van der Waals surface area (Å²) in [5.74, 6) is 7.10. The zero-order valence-corrected chi connectivity index (χ0v) is 20.1. The van der Waals surface area contributed by atoms with Gasteiger partial charge in [-0.25, -0.2) is 4.98 Å². The Morgan fingerprint density at radius 1 is 0.941 bits per heavy atom. The van der Waals surface area contributed by atoms with Crippen LogP contribution in [0.15, 0.2) is 48.0 Å². The highest BCUT2D eigenvalue weighted by atomic mass is 32.1. The number of nitrogens with zero attached hydrogens (tertiary/aromatic N) is 3. The van der Waals surface area contributed by atoms with Gasteiger partial charge in [0.2, 0.25) is 0 Å². The number of benzene rings is 2. The van der Waals surface area contributed by atoms with Gasteiger partial charge in [0.05, 0.1) is 44.0 Å². The Morgan fingerprint density at radius 2 is 1.68 bits per heavy atom. The molecule has 0 N–H and O–H groups in total. The Morgan fingerprint density at radius 3 is 2.41 bits per heavy atom. The van der Waals surface area contributed by atoms with Crippen LogP contribution in [0.5, 0.6) is 11.5 Å². The minimum absolute atomic E-state index is 0.473. The van der Waals surface area contributed by atoms with Gasteiger partial charge >= 0.3 is 0 Å². The van der Waals surface area contributed by atoms with Crippen molar-refractivity contribution in [2.75, 3.05) is 14.2 Å². The lowest BCUT2D eigenvalue weighted by Crippen LogP contribution is -1.97. The lowest BCUT2D eigenvalue weighted by Gasteiger charge is -2.03. The first kappa shape index (κ1) is 21.7. The Kier molecular flexibility index (Phi) is 5.53. The maximum Gasteiger partial charge on any atom is 0.126 e. The molecule has 3 heterocycles. The van der Waals surface area contributed by atoms with E-state index in [1.54, 1.807) is 25.6 Å². The van der Waals surface area contributed by atoms with Crippen molar-refractivity contribution < 1.29 is 9.47 Å². The maximum absolute atomic E-state index is 5.67. The van der Waals surface area contributed by atoms with Crippen LogP contribution in [0.1, 0.15) is 5.69 Å². The molecule has 0 spiro atoms. The fraction of sp³-hybridized carbons (Fsp3) is 0.179. The van der Waals surface area contributed by atoms with Gasteiger partial charge < -0.3 is 18.6 Å². The van der Waals surface area contributed by atoms with Crippen molar-refractivity contribution in [2.45, 2.75) is 20.0 Å². The van der Waals surface area contributed by atoms with Crippen LogP contribution in [0.2, 0.25) is 0 Å². The van der Waals surface area contributed by atoms with Gasteiger partial charge in [0.15, 0.2) is 0 Å². The van der Waals surface area contributed by atoms with Crippen LogP contribution >= 0.6 is 11.3 Å². The summed E-state index contributed by atoms with van der Waals surface area (Å²) in [6.07, 6.45) is 13.4. The molecule has 5 aromatic rings. The molecule has 0 aliphatic heterocycles. The first-order chi connectivity index (χ1) is 16.6. The van der Waals surface area contributed by atoms with Crippen LogP contribution in [0.3, 0.4) is 0 Å². The average molecular weight is 466 g/mol. The van der Waals surface area contributed by atoms with Crippen molar-refractivity contribution in [3.8, 4) is 58.0 Å². The zero-order valence-electron chi connectivity index (χ0n) is 19.3. The van der Waals surface area contributed by atoms with Crippen molar-refractivity contribution >= 4 is 33.1 Å². The van der Waals surface area contributed by atoms with E-state index in [0.29, 0.717) is 13.1 Å². The molecule has 0 atom stereocenters. The normalized spacial score (nSPS) is 11.0. The van der Waals surface area contributed by atoms with E-state index in [2.05, 4.69) is 57.7 Å². The second-order valence-electron chi connectivity index (χ2n) is 7.93. The number of thiazole rings is 1. The van der Waals surface area contributed by atoms with Gasteiger partial charge in [0, 0.05) is 45.2 Å². The highest BCUT2D eigenvalue weighted by Crippen LogP contribution is 2.40. The second kappa shape index (κ2) is 8.67. The number of hydrogen-bond donors (Lipinski definition) is 0. The van der Waals surface area contributed by atoms with E-state index in [4.69, 9.17) is 27.3 Å². The first-order valence-electron chi connectivity index (χ1n) is 10.8. The molecule has 6 heteroatoms. The monoisotopic (exact) mass is 465 g/mol. The summed E-state index contributed by atoms with van der Waals surface area (Å²) in [5.41, 5.74) is 6.21. The third kappa shape index (κ3) is 3.41. The summed E-state index contributed by atoms with van der Waals surface area (Å²) in [6, 6.07) is 12.1. The van der Waals surface area contributed by atoms with Crippen molar-refractivity contribution in [2.24, 2.45) is 0 Å². The minimum Gasteiger partial charge on any atom is -0.497 e. The van der Waals surface area contributed by atoms with Crippen molar-refractivity contribution in [1.82, 2.24) is 14.1 Å². The Balaban J connectivity index is 1.69. The van der Waals surface area contributed by atoms with E-state index in [9.17, 15) is 0 Å². The molecule has 0 unspecified atom stereocenters. The molecular formula is C28H23N3O2S. The predicted molar refractivity (Wildman–Crippen MR) is 139 cm³/mol. The molecule has 34 heavy (non-hydrogen) atoms. The summed E-state index contributed by atoms with van der Waals surface area (Å²) in [4.78, 5) is 5.07. The number of ether oxygens (including phenoxy) is 2. The van der Waals surface area contributed by atoms with Crippen LogP contribution in [0, 0.1) is 31.6 Å². The fourth-order valence-corrected chi connectivity index (χ4v) is 5.35. The summed E-state index contributed by atoms with van der Waals surface area (Å²) >= 11 is 1.62. The highest BCUT2D eigenvalue weighted by Gasteiger charge is 2.20. The Bertz CT molecular complexity index is 1620. The zero-order chi connectivity index (χ0) is 23.8. The lowest BCUT2D eigenvalue weighted by molar-refractivity contribution is 0.415. The van der Waals surface area contributed by atoms with Crippen LogP contribution in [0.4, 0.5) is 0 Å². The van der Waals surface area contributed by atoms with E-state index in [1.807, 2.05) is 18.2 Å². The van der Waals surface area contributed by atoms with Crippen LogP contribution in [-0.2, 0) is 13.1 Å². The van der Waals surface area contributed by atoms with Crippen LogP contribution < -0.4 is 9.47 Å². The summed E-state index contributed by atoms with van der Waals surface area (Å²) in [7, 11) is 3.34. The number of aromatic nitrogens is 3. The lowest BCUT2D eigenvalue weighted by atomic mass is 10.1. The maximum atomic E-state index is 5.67. The fourth-order valence-electron chi connectivity index (χ4n) is 4.52. The topological polar surface area (TPSA) is 41.2 Å². The predicted octanol–water partition coefficient (Wildman–Crippen LogP) is 5.98. The van der Waals surface area contributed by atoms with Crippen molar-refractivity contribution in [3.05, 3.63) is 53.7 Å². The molecule has 0 bridgehead atoms. The number of hydrogen-bond acceptors (Lipinski definition) is 4. The molecule has 0 radical (unpaired) electrons. The molecule has 2 aromatic carbocycles. The molecule has 0 aliphatic carbocycles.